The van der Waals surface area contributed by atoms with E-state index in [4.69, 9.17) is 0 Å². The summed E-state index contributed by atoms with van der Waals surface area (Å²) in [7, 11) is 0. The maximum atomic E-state index is 12.7. The van der Waals surface area contributed by atoms with Crippen molar-refractivity contribution in [2.75, 3.05) is 26.2 Å². The number of rotatable bonds is 5. The van der Waals surface area contributed by atoms with Gasteiger partial charge in [-0.05, 0) is 56.7 Å². The van der Waals surface area contributed by atoms with Gasteiger partial charge in [-0.3, -0.25) is 9.69 Å². The first-order valence-electron chi connectivity index (χ1n) is 11.2. The highest BCUT2D eigenvalue weighted by molar-refractivity contribution is 7.15. The Kier molecular flexibility index (Phi) is 6.66. The van der Waals surface area contributed by atoms with Gasteiger partial charge in [0.15, 0.2) is 0 Å². The molecule has 0 N–H and O–H groups in total. The summed E-state index contributed by atoms with van der Waals surface area (Å²) in [6.45, 7) is 9.37. The topological polar surface area (TPSA) is 36.4 Å². The van der Waals surface area contributed by atoms with Crippen LogP contribution in [-0.2, 0) is 11.3 Å². The standard InChI is InChI=1S/C24H33N3OS/c1-18(2)19-6-8-20(9-7-19)23-25-16-22(29-23)17-26-14-10-21(11-15-26)24(28)27-12-4-3-5-13-27/h6-9,16,18,21H,3-5,10-15,17H2,1-2H3. The quantitative estimate of drug-likeness (QED) is 0.682. The van der Waals surface area contributed by atoms with Gasteiger partial charge in [0.25, 0.3) is 0 Å². The van der Waals surface area contributed by atoms with E-state index in [-0.39, 0.29) is 5.92 Å². The molecule has 2 saturated heterocycles. The molecule has 29 heavy (non-hydrogen) atoms. The molecule has 0 atom stereocenters. The summed E-state index contributed by atoms with van der Waals surface area (Å²) in [6.07, 6.45) is 7.66. The van der Waals surface area contributed by atoms with Crippen LogP contribution in [0.5, 0.6) is 0 Å². The Balaban J connectivity index is 1.29. The predicted octanol–water partition coefficient (Wildman–Crippen LogP) is 5.16. The number of hydrogen-bond acceptors (Lipinski definition) is 4. The first-order valence-corrected chi connectivity index (χ1v) is 12.0. The fourth-order valence-electron chi connectivity index (χ4n) is 4.46. The third-order valence-electron chi connectivity index (χ3n) is 6.36. The van der Waals surface area contributed by atoms with Crippen molar-refractivity contribution >= 4 is 17.2 Å². The summed E-state index contributed by atoms with van der Waals surface area (Å²) in [6, 6.07) is 8.81. The predicted molar refractivity (Wildman–Crippen MR) is 120 cm³/mol. The number of nitrogens with zero attached hydrogens (tertiary/aromatic N) is 3. The average Bonchev–Trinajstić information content (AvgIpc) is 3.23. The van der Waals surface area contributed by atoms with Crippen LogP contribution in [-0.4, -0.2) is 46.9 Å². The number of benzene rings is 1. The fourth-order valence-corrected chi connectivity index (χ4v) is 5.42. The summed E-state index contributed by atoms with van der Waals surface area (Å²) in [4.78, 5) is 23.3. The molecule has 1 amide bonds. The second-order valence-electron chi connectivity index (χ2n) is 8.84. The van der Waals surface area contributed by atoms with Crippen molar-refractivity contribution in [1.82, 2.24) is 14.8 Å². The van der Waals surface area contributed by atoms with Gasteiger partial charge in [0.2, 0.25) is 5.91 Å². The monoisotopic (exact) mass is 411 g/mol. The molecule has 0 bridgehead atoms. The Labute approximate surface area is 178 Å². The Morgan fingerprint density at radius 1 is 1.07 bits per heavy atom. The minimum Gasteiger partial charge on any atom is -0.342 e. The number of carbonyl (C=O) groups excluding carboxylic acids is 1. The highest BCUT2D eigenvalue weighted by atomic mass is 32.1. The van der Waals surface area contributed by atoms with E-state index in [1.165, 1.54) is 35.3 Å². The second-order valence-corrected chi connectivity index (χ2v) is 9.96. The van der Waals surface area contributed by atoms with Crippen molar-refractivity contribution in [1.29, 1.82) is 0 Å². The number of piperidine rings is 2. The Bertz CT molecular complexity index is 800. The third-order valence-corrected chi connectivity index (χ3v) is 7.39. The van der Waals surface area contributed by atoms with E-state index in [1.807, 2.05) is 6.20 Å². The molecule has 4 nitrogen and oxygen atoms in total. The smallest absolute Gasteiger partial charge is 0.225 e. The van der Waals surface area contributed by atoms with Crippen LogP contribution in [0, 0.1) is 5.92 Å². The van der Waals surface area contributed by atoms with Gasteiger partial charge >= 0.3 is 0 Å². The van der Waals surface area contributed by atoms with Gasteiger partial charge in [0.1, 0.15) is 5.01 Å². The molecule has 0 aliphatic carbocycles. The van der Waals surface area contributed by atoms with Gasteiger partial charge < -0.3 is 4.90 Å². The molecule has 0 spiro atoms. The van der Waals surface area contributed by atoms with Crippen LogP contribution >= 0.6 is 11.3 Å². The summed E-state index contributed by atoms with van der Waals surface area (Å²) < 4.78 is 0. The van der Waals surface area contributed by atoms with E-state index in [0.717, 1.165) is 50.6 Å². The number of hydrogen-bond donors (Lipinski definition) is 0. The molecule has 3 heterocycles. The zero-order chi connectivity index (χ0) is 20.2. The van der Waals surface area contributed by atoms with E-state index in [2.05, 4.69) is 52.9 Å². The van der Waals surface area contributed by atoms with Crippen LogP contribution in [0.25, 0.3) is 10.6 Å². The van der Waals surface area contributed by atoms with Crippen LogP contribution in [0.15, 0.2) is 30.5 Å². The molecule has 1 aromatic carbocycles. The van der Waals surface area contributed by atoms with Gasteiger partial charge in [-0.15, -0.1) is 11.3 Å². The maximum Gasteiger partial charge on any atom is 0.225 e. The van der Waals surface area contributed by atoms with Gasteiger partial charge in [-0.25, -0.2) is 4.98 Å². The van der Waals surface area contributed by atoms with E-state index < -0.39 is 0 Å². The molecule has 4 rings (SSSR count). The lowest BCUT2D eigenvalue weighted by Crippen LogP contribution is -2.44. The van der Waals surface area contributed by atoms with Crippen molar-refractivity contribution < 1.29 is 4.79 Å². The second kappa shape index (κ2) is 9.40. The normalized spacial score (nSPS) is 19.1. The van der Waals surface area contributed by atoms with E-state index in [1.54, 1.807) is 11.3 Å². The zero-order valence-corrected chi connectivity index (χ0v) is 18.6. The molecular weight excluding hydrogens is 378 g/mol. The molecule has 156 valence electrons. The molecule has 2 aromatic rings. The van der Waals surface area contributed by atoms with Gasteiger partial charge in [-0.2, -0.15) is 0 Å². The van der Waals surface area contributed by atoms with Crippen LogP contribution in [0.1, 0.15) is 62.3 Å². The molecule has 2 aliphatic rings. The van der Waals surface area contributed by atoms with E-state index >= 15 is 0 Å². The van der Waals surface area contributed by atoms with E-state index in [9.17, 15) is 4.79 Å². The molecule has 2 fully saturated rings. The molecule has 1 aromatic heterocycles. The first-order chi connectivity index (χ1) is 14.1. The van der Waals surface area contributed by atoms with Crippen LogP contribution in [0.2, 0.25) is 0 Å². The van der Waals surface area contributed by atoms with Crippen molar-refractivity contribution in [2.45, 2.75) is 58.4 Å². The zero-order valence-electron chi connectivity index (χ0n) is 17.8. The molecule has 0 radical (unpaired) electrons. The fraction of sp³-hybridized carbons (Fsp3) is 0.583. The lowest BCUT2D eigenvalue weighted by Gasteiger charge is -2.35. The van der Waals surface area contributed by atoms with Crippen molar-refractivity contribution in [2.24, 2.45) is 5.92 Å². The van der Waals surface area contributed by atoms with Crippen molar-refractivity contribution in [3.63, 3.8) is 0 Å². The Morgan fingerprint density at radius 3 is 2.41 bits per heavy atom. The van der Waals surface area contributed by atoms with Crippen LogP contribution in [0.3, 0.4) is 0 Å². The third kappa shape index (κ3) is 5.07. The summed E-state index contributed by atoms with van der Waals surface area (Å²) >= 11 is 1.80. The van der Waals surface area contributed by atoms with Crippen molar-refractivity contribution in [3.05, 3.63) is 40.9 Å². The first kappa shape index (κ1) is 20.5. The number of carbonyl (C=O) groups is 1. The van der Waals surface area contributed by atoms with Crippen molar-refractivity contribution in [3.8, 4) is 10.6 Å². The van der Waals surface area contributed by atoms with Gasteiger partial charge in [0, 0.05) is 42.2 Å². The largest absolute Gasteiger partial charge is 0.342 e. The molecule has 5 heteroatoms. The minimum atomic E-state index is 0.237. The molecule has 0 saturated carbocycles. The summed E-state index contributed by atoms with van der Waals surface area (Å²) in [5.74, 6) is 1.20. The maximum absolute atomic E-state index is 12.7. The number of amides is 1. The number of thiazole rings is 1. The van der Waals surface area contributed by atoms with Crippen LogP contribution in [0.4, 0.5) is 0 Å². The van der Waals surface area contributed by atoms with Gasteiger partial charge in [-0.1, -0.05) is 38.1 Å². The highest BCUT2D eigenvalue weighted by Crippen LogP contribution is 2.29. The number of likely N-dealkylation sites (tertiary alicyclic amines) is 2. The minimum absolute atomic E-state index is 0.237. The lowest BCUT2D eigenvalue weighted by molar-refractivity contribution is -0.138. The SMILES string of the molecule is CC(C)c1ccc(-c2ncc(CN3CCC(C(=O)N4CCCCC4)CC3)s2)cc1. The van der Waals surface area contributed by atoms with Gasteiger partial charge in [0.05, 0.1) is 0 Å². The Hall–Kier alpha value is -1.72. The molecule has 2 aliphatic heterocycles. The number of aromatic nitrogens is 1. The highest BCUT2D eigenvalue weighted by Gasteiger charge is 2.29. The lowest BCUT2D eigenvalue weighted by atomic mass is 9.94. The Morgan fingerprint density at radius 2 is 1.76 bits per heavy atom. The van der Waals surface area contributed by atoms with Crippen LogP contribution < -0.4 is 0 Å². The molecular formula is C24H33N3OS. The molecule has 0 unspecified atom stereocenters. The average molecular weight is 412 g/mol. The summed E-state index contributed by atoms with van der Waals surface area (Å²) in [5, 5.41) is 1.10. The summed E-state index contributed by atoms with van der Waals surface area (Å²) in [5.41, 5.74) is 2.57. The van der Waals surface area contributed by atoms with E-state index in [0.29, 0.717) is 11.8 Å².